The van der Waals surface area contributed by atoms with Crippen molar-refractivity contribution >= 4 is 27.7 Å². The van der Waals surface area contributed by atoms with Gasteiger partial charge in [-0.05, 0) is 43.5 Å². The lowest BCUT2D eigenvalue weighted by molar-refractivity contribution is 0.0578. The lowest BCUT2D eigenvalue weighted by Crippen LogP contribution is -2.42. The summed E-state index contributed by atoms with van der Waals surface area (Å²) in [5.41, 5.74) is 2.80. The van der Waals surface area contributed by atoms with Crippen molar-refractivity contribution in [2.24, 2.45) is 0 Å². The molecule has 0 atom stereocenters. The number of fused-ring (bicyclic) bond motifs is 3. The number of benzene rings is 1. The molecule has 2 saturated heterocycles. The number of aryl methyl sites for hydroxylation is 1. The van der Waals surface area contributed by atoms with Crippen LogP contribution in [0.4, 0.5) is 0 Å². The maximum atomic E-state index is 13.6. The van der Waals surface area contributed by atoms with E-state index in [4.69, 9.17) is 9.47 Å². The average Bonchev–Trinajstić information content (AvgIpc) is 3.36. The number of nitrogens with zero attached hydrogens (tertiary/aromatic N) is 5. The van der Waals surface area contributed by atoms with Gasteiger partial charge in [0, 0.05) is 62.5 Å². The fourth-order valence-corrected chi connectivity index (χ4v) is 5.27. The Morgan fingerprint density at radius 3 is 2.58 bits per heavy atom. The van der Waals surface area contributed by atoms with Gasteiger partial charge in [0.15, 0.2) is 0 Å². The third-order valence-electron chi connectivity index (χ3n) is 7.22. The van der Waals surface area contributed by atoms with E-state index in [-0.39, 0.29) is 23.6 Å². The van der Waals surface area contributed by atoms with E-state index in [0.717, 1.165) is 29.3 Å². The number of hydrogen-bond acceptors (Lipinski definition) is 7. The highest BCUT2D eigenvalue weighted by molar-refractivity contribution is 6.07. The second kappa shape index (κ2) is 9.34. The lowest BCUT2D eigenvalue weighted by Gasteiger charge is -2.32. The molecule has 1 aromatic carbocycles. The van der Waals surface area contributed by atoms with Gasteiger partial charge in [0.25, 0.3) is 11.5 Å². The zero-order chi connectivity index (χ0) is 24.6. The van der Waals surface area contributed by atoms with E-state index in [1.165, 1.54) is 0 Å². The molecule has 0 spiro atoms. The molecule has 4 aromatic rings. The molecule has 0 saturated carbocycles. The van der Waals surface area contributed by atoms with E-state index in [9.17, 15) is 9.59 Å². The number of nitrogens with one attached hydrogen (secondary N) is 1. The lowest BCUT2D eigenvalue weighted by atomic mass is 10.0. The second-order valence-electron chi connectivity index (χ2n) is 9.50. The summed E-state index contributed by atoms with van der Waals surface area (Å²) in [6.45, 7) is 4.44. The number of aromatic nitrogens is 5. The molecule has 36 heavy (non-hydrogen) atoms. The van der Waals surface area contributed by atoms with E-state index in [1.54, 1.807) is 24.7 Å². The minimum atomic E-state index is -0.168. The molecule has 3 aromatic heterocycles. The molecule has 10 nitrogen and oxygen atoms in total. The number of carbonyl (C=O) groups excluding carboxylic acids is 1. The standard InChI is InChI=1S/C26H28N6O4/c1-16-13-22-20(23-21(24(33)30-22)15-29-32(23)17-5-11-35-12-6-17)14-19(16)25(34)31-9-3-18(4-10-31)36-26-27-7-2-8-28-26/h2,7-8,13-15,17-18H,3-6,9-12H2,1H3,(H,30,33). The number of piperidine rings is 1. The van der Waals surface area contributed by atoms with Crippen LogP contribution in [0.5, 0.6) is 6.01 Å². The Morgan fingerprint density at radius 1 is 1.08 bits per heavy atom. The molecule has 2 aliphatic rings. The van der Waals surface area contributed by atoms with Gasteiger partial charge in [0.1, 0.15) is 6.10 Å². The molecule has 0 unspecified atom stereocenters. The molecule has 2 aliphatic heterocycles. The summed E-state index contributed by atoms with van der Waals surface area (Å²) in [5, 5.41) is 5.96. The number of aromatic amines is 1. The van der Waals surface area contributed by atoms with Crippen molar-refractivity contribution in [2.75, 3.05) is 26.3 Å². The van der Waals surface area contributed by atoms with Gasteiger partial charge in [-0.3, -0.25) is 14.3 Å². The second-order valence-corrected chi connectivity index (χ2v) is 9.50. The van der Waals surface area contributed by atoms with Gasteiger partial charge in [0.2, 0.25) is 0 Å². The fourth-order valence-electron chi connectivity index (χ4n) is 5.27. The number of amides is 1. The van der Waals surface area contributed by atoms with Gasteiger partial charge >= 0.3 is 6.01 Å². The van der Waals surface area contributed by atoms with E-state index in [2.05, 4.69) is 20.1 Å². The molecular weight excluding hydrogens is 460 g/mol. The van der Waals surface area contributed by atoms with Crippen LogP contribution >= 0.6 is 0 Å². The first-order valence-corrected chi connectivity index (χ1v) is 12.4. The Hall–Kier alpha value is -3.79. The molecule has 5 heterocycles. The fraction of sp³-hybridized carbons (Fsp3) is 0.423. The van der Waals surface area contributed by atoms with Crippen molar-refractivity contribution in [3.63, 3.8) is 0 Å². The van der Waals surface area contributed by atoms with E-state index in [1.807, 2.05) is 28.6 Å². The number of rotatable bonds is 4. The normalized spacial score (nSPS) is 17.6. The van der Waals surface area contributed by atoms with Crippen LogP contribution in [0, 0.1) is 6.92 Å². The number of H-pyrrole nitrogens is 1. The predicted molar refractivity (Wildman–Crippen MR) is 133 cm³/mol. The van der Waals surface area contributed by atoms with Crippen LogP contribution in [0.2, 0.25) is 0 Å². The Kier molecular flexibility index (Phi) is 5.88. The van der Waals surface area contributed by atoms with Crippen LogP contribution in [-0.2, 0) is 4.74 Å². The van der Waals surface area contributed by atoms with Gasteiger partial charge < -0.3 is 19.4 Å². The predicted octanol–water partition coefficient (Wildman–Crippen LogP) is 3.01. The van der Waals surface area contributed by atoms with Gasteiger partial charge in [-0.2, -0.15) is 5.10 Å². The van der Waals surface area contributed by atoms with Crippen LogP contribution in [0.25, 0.3) is 21.8 Å². The summed E-state index contributed by atoms with van der Waals surface area (Å²) in [4.78, 5) is 39.5. The first-order valence-electron chi connectivity index (χ1n) is 12.4. The van der Waals surface area contributed by atoms with Crippen LogP contribution < -0.4 is 10.3 Å². The minimum absolute atomic E-state index is 0.0136. The number of hydrogen-bond donors (Lipinski definition) is 1. The van der Waals surface area contributed by atoms with E-state index >= 15 is 0 Å². The smallest absolute Gasteiger partial charge is 0.316 e. The van der Waals surface area contributed by atoms with E-state index in [0.29, 0.717) is 61.6 Å². The molecule has 6 rings (SSSR count). The third kappa shape index (κ3) is 4.11. The summed E-state index contributed by atoms with van der Waals surface area (Å²) in [6, 6.07) is 6.09. The van der Waals surface area contributed by atoms with E-state index < -0.39 is 0 Å². The van der Waals surface area contributed by atoms with Gasteiger partial charge in [-0.25, -0.2) is 9.97 Å². The molecule has 1 N–H and O–H groups in total. The Labute approximate surface area is 207 Å². The summed E-state index contributed by atoms with van der Waals surface area (Å²) in [5.74, 6) is -0.0136. The van der Waals surface area contributed by atoms with Crippen molar-refractivity contribution in [1.82, 2.24) is 29.6 Å². The SMILES string of the molecule is Cc1cc2[nH]c(=O)c3cnn(C4CCOCC4)c3c2cc1C(=O)N1CCC(Oc2ncccn2)CC1. The van der Waals surface area contributed by atoms with Gasteiger partial charge in [-0.15, -0.1) is 0 Å². The summed E-state index contributed by atoms with van der Waals surface area (Å²) in [7, 11) is 0. The molecule has 1 amide bonds. The molecule has 0 aliphatic carbocycles. The largest absolute Gasteiger partial charge is 0.460 e. The Balaban J connectivity index is 1.30. The Morgan fingerprint density at radius 2 is 1.83 bits per heavy atom. The zero-order valence-corrected chi connectivity index (χ0v) is 20.1. The monoisotopic (exact) mass is 488 g/mol. The first kappa shape index (κ1) is 22.7. The van der Waals surface area contributed by atoms with Crippen LogP contribution in [0.15, 0.2) is 41.6 Å². The van der Waals surface area contributed by atoms with Crippen LogP contribution in [0.3, 0.4) is 0 Å². The maximum absolute atomic E-state index is 13.6. The van der Waals surface area contributed by atoms with Crippen molar-refractivity contribution < 1.29 is 14.3 Å². The highest BCUT2D eigenvalue weighted by Gasteiger charge is 2.27. The number of ether oxygens (including phenoxy) is 2. The topological polar surface area (TPSA) is 115 Å². The summed E-state index contributed by atoms with van der Waals surface area (Å²) in [6.07, 6.45) is 8.03. The zero-order valence-electron chi connectivity index (χ0n) is 20.1. The van der Waals surface area contributed by atoms with Crippen LogP contribution in [0.1, 0.15) is 47.6 Å². The summed E-state index contributed by atoms with van der Waals surface area (Å²) < 4.78 is 13.4. The molecule has 10 heteroatoms. The third-order valence-corrected chi connectivity index (χ3v) is 7.22. The molecular formula is C26H28N6O4. The number of pyridine rings is 1. The Bertz CT molecular complexity index is 1470. The first-order chi connectivity index (χ1) is 17.6. The van der Waals surface area contributed by atoms with Crippen molar-refractivity contribution in [3.8, 4) is 6.01 Å². The molecule has 0 bridgehead atoms. The van der Waals surface area contributed by atoms with Gasteiger partial charge in [-0.1, -0.05) is 0 Å². The number of carbonyl (C=O) groups is 1. The average molecular weight is 489 g/mol. The molecule has 186 valence electrons. The number of likely N-dealkylation sites (tertiary alicyclic amines) is 1. The molecule has 0 radical (unpaired) electrons. The highest BCUT2D eigenvalue weighted by Crippen LogP contribution is 2.30. The molecule has 2 fully saturated rings. The minimum Gasteiger partial charge on any atom is -0.460 e. The van der Waals surface area contributed by atoms with Crippen molar-refractivity contribution in [2.45, 2.75) is 44.8 Å². The van der Waals surface area contributed by atoms with Gasteiger partial charge in [0.05, 0.1) is 28.7 Å². The summed E-state index contributed by atoms with van der Waals surface area (Å²) >= 11 is 0. The highest BCUT2D eigenvalue weighted by atomic mass is 16.5. The van der Waals surface area contributed by atoms with Crippen molar-refractivity contribution in [1.29, 1.82) is 0 Å². The quantitative estimate of drug-likeness (QED) is 0.469. The van der Waals surface area contributed by atoms with Crippen LogP contribution in [-0.4, -0.2) is 67.9 Å². The maximum Gasteiger partial charge on any atom is 0.316 e. The van der Waals surface area contributed by atoms with Crippen molar-refractivity contribution in [3.05, 3.63) is 58.3 Å².